The van der Waals surface area contributed by atoms with Gasteiger partial charge >= 0.3 is 5.97 Å². The van der Waals surface area contributed by atoms with Crippen LogP contribution in [0, 0.1) is 11.3 Å². The van der Waals surface area contributed by atoms with E-state index in [0.717, 1.165) is 47.4 Å². The first-order chi connectivity index (χ1) is 17.1. The summed E-state index contributed by atoms with van der Waals surface area (Å²) in [5.74, 6) is -0.988. The van der Waals surface area contributed by atoms with Crippen LogP contribution >= 0.6 is 11.3 Å². The summed E-state index contributed by atoms with van der Waals surface area (Å²) in [5.41, 5.74) is 3.06. The quantitative estimate of drug-likeness (QED) is 0.403. The Bertz CT molecular complexity index is 1360. The monoisotopic (exact) mass is 483 g/mol. The summed E-state index contributed by atoms with van der Waals surface area (Å²) < 4.78 is 6.78. The molecule has 174 valence electrons. The molecule has 0 fully saturated rings. The molecule has 0 unspecified atom stereocenters. The zero-order valence-corrected chi connectivity index (χ0v) is 19.5. The number of hydrogen-bond donors (Lipinski definition) is 1. The predicted octanol–water partition coefficient (Wildman–Crippen LogP) is 4.54. The number of aromatic nitrogens is 3. The minimum Gasteiger partial charge on any atom is -0.450 e. The molecule has 0 atom stereocenters. The van der Waals surface area contributed by atoms with Crippen LogP contribution in [-0.2, 0) is 22.4 Å². The van der Waals surface area contributed by atoms with Gasteiger partial charge in [0.05, 0.1) is 11.3 Å². The standard InChI is InChI=1S/C26H21N5O3S/c27-15-20-19-13-7-8-14-21(19)35-25(20)28-22(32)16-34-26(33)23-29-24(17-9-3-1-4-10-17)31(30-23)18-11-5-2-6-12-18/h1-6,9-12H,7-8,13-14,16H2,(H,28,32). The number of ether oxygens (including phenoxy) is 1. The number of benzene rings is 2. The van der Waals surface area contributed by atoms with E-state index in [0.29, 0.717) is 16.4 Å². The molecule has 2 heterocycles. The Hall–Kier alpha value is -4.29. The fourth-order valence-corrected chi connectivity index (χ4v) is 5.31. The molecule has 2 aromatic carbocycles. The number of carbonyl (C=O) groups is 2. The van der Waals surface area contributed by atoms with Crippen molar-refractivity contribution >= 4 is 28.2 Å². The number of aryl methyl sites for hydroxylation is 1. The molecular formula is C26H21N5O3S. The number of nitrogens with one attached hydrogen (secondary N) is 1. The molecule has 0 spiro atoms. The van der Waals surface area contributed by atoms with Gasteiger partial charge in [-0.3, -0.25) is 4.79 Å². The lowest BCUT2D eigenvalue weighted by Crippen LogP contribution is -2.21. The maximum absolute atomic E-state index is 12.7. The van der Waals surface area contributed by atoms with Crippen molar-refractivity contribution in [2.75, 3.05) is 11.9 Å². The van der Waals surface area contributed by atoms with Crippen molar-refractivity contribution in [3.63, 3.8) is 0 Å². The van der Waals surface area contributed by atoms with Gasteiger partial charge in [0, 0.05) is 10.4 Å². The number of fused-ring (bicyclic) bond motifs is 1. The van der Waals surface area contributed by atoms with Crippen molar-refractivity contribution in [3.8, 4) is 23.1 Å². The van der Waals surface area contributed by atoms with E-state index in [2.05, 4.69) is 21.5 Å². The summed E-state index contributed by atoms with van der Waals surface area (Å²) in [6.07, 6.45) is 3.88. The zero-order valence-electron chi connectivity index (χ0n) is 18.7. The number of amides is 1. The third-order valence-corrected chi connectivity index (χ3v) is 6.90. The van der Waals surface area contributed by atoms with E-state index in [-0.39, 0.29) is 5.82 Å². The molecule has 9 heteroatoms. The number of para-hydroxylation sites is 1. The molecule has 4 aromatic rings. The topological polar surface area (TPSA) is 110 Å². The van der Waals surface area contributed by atoms with E-state index in [9.17, 15) is 14.9 Å². The Labute approximate surface area is 205 Å². The van der Waals surface area contributed by atoms with E-state index in [4.69, 9.17) is 4.74 Å². The van der Waals surface area contributed by atoms with Gasteiger partial charge in [-0.1, -0.05) is 48.5 Å². The minimum absolute atomic E-state index is 0.148. The molecule has 1 aliphatic rings. The van der Waals surface area contributed by atoms with Gasteiger partial charge < -0.3 is 10.1 Å². The van der Waals surface area contributed by atoms with Gasteiger partial charge in [-0.15, -0.1) is 16.4 Å². The molecule has 1 amide bonds. The molecule has 0 bridgehead atoms. The highest BCUT2D eigenvalue weighted by Gasteiger charge is 2.23. The summed E-state index contributed by atoms with van der Waals surface area (Å²) in [7, 11) is 0. The SMILES string of the molecule is N#Cc1c(NC(=O)COC(=O)c2nc(-c3ccccc3)n(-c3ccccc3)n2)sc2c1CCCC2. The Balaban J connectivity index is 1.32. The van der Waals surface area contributed by atoms with Crippen LogP contribution in [0.4, 0.5) is 5.00 Å². The van der Waals surface area contributed by atoms with Crippen LogP contribution < -0.4 is 5.32 Å². The first-order valence-electron chi connectivity index (χ1n) is 11.2. The van der Waals surface area contributed by atoms with Crippen LogP contribution in [0.5, 0.6) is 0 Å². The number of nitriles is 1. The second-order valence-corrected chi connectivity index (χ2v) is 9.13. The van der Waals surface area contributed by atoms with Gasteiger partial charge in [-0.25, -0.2) is 14.5 Å². The highest BCUT2D eigenvalue weighted by Crippen LogP contribution is 2.37. The van der Waals surface area contributed by atoms with E-state index < -0.39 is 18.5 Å². The Morgan fingerprint density at radius 3 is 2.51 bits per heavy atom. The van der Waals surface area contributed by atoms with Crippen molar-refractivity contribution < 1.29 is 14.3 Å². The zero-order chi connectivity index (χ0) is 24.2. The van der Waals surface area contributed by atoms with Crippen molar-refractivity contribution in [2.24, 2.45) is 0 Å². The van der Waals surface area contributed by atoms with Crippen molar-refractivity contribution in [1.82, 2.24) is 14.8 Å². The predicted molar refractivity (Wildman–Crippen MR) is 131 cm³/mol. The number of nitrogens with zero attached hydrogens (tertiary/aromatic N) is 4. The number of rotatable bonds is 6. The highest BCUT2D eigenvalue weighted by molar-refractivity contribution is 7.16. The molecule has 1 N–H and O–H groups in total. The fraction of sp³-hybridized carbons (Fsp3) is 0.192. The second-order valence-electron chi connectivity index (χ2n) is 8.02. The summed E-state index contributed by atoms with van der Waals surface area (Å²) in [4.78, 5) is 30.8. The van der Waals surface area contributed by atoms with Crippen LogP contribution in [0.3, 0.4) is 0 Å². The first-order valence-corrected chi connectivity index (χ1v) is 12.0. The Kier molecular flexibility index (Phi) is 6.37. The average molecular weight is 484 g/mol. The molecule has 0 saturated heterocycles. The van der Waals surface area contributed by atoms with Crippen molar-refractivity contribution in [2.45, 2.75) is 25.7 Å². The number of carbonyl (C=O) groups excluding carboxylic acids is 2. The lowest BCUT2D eigenvalue weighted by molar-refractivity contribution is -0.119. The van der Waals surface area contributed by atoms with Gasteiger partial charge in [0.1, 0.15) is 11.1 Å². The van der Waals surface area contributed by atoms with Gasteiger partial charge in [0.2, 0.25) is 0 Å². The lowest BCUT2D eigenvalue weighted by atomic mass is 9.96. The van der Waals surface area contributed by atoms with E-state index in [1.807, 2.05) is 60.7 Å². The van der Waals surface area contributed by atoms with Gasteiger partial charge in [0.15, 0.2) is 12.4 Å². The number of thiophene rings is 1. The largest absolute Gasteiger partial charge is 0.450 e. The lowest BCUT2D eigenvalue weighted by Gasteiger charge is -2.09. The van der Waals surface area contributed by atoms with Gasteiger partial charge in [-0.05, 0) is 43.4 Å². The third kappa shape index (κ3) is 4.69. The summed E-state index contributed by atoms with van der Waals surface area (Å²) in [6, 6.07) is 20.9. The van der Waals surface area contributed by atoms with Crippen molar-refractivity contribution in [1.29, 1.82) is 5.26 Å². The van der Waals surface area contributed by atoms with E-state index in [1.165, 1.54) is 11.3 Å². The number of esters is 1. The summed E-state index contributed by atoms with van der Waals surface area (Å²) >= 11 is 1.42. The summed E-state index contributed by atoms with van der Waals surface area (Å²) in [5, 5.41) is 17.1. The first kappa shape index (κ1) is 22.5. The normalized spacial score (nSPS) is 12.4. The van der Waals surface area contributed by atoms with E-state index in [1.54, 1.807) is 4.68 Å². The highest BCUT2D eigenvalue weighted by atomic mass is 32.1. The minimum atomic E-state index is -0.807. The number of anilines is 1. The van der Waals surface area contributed by atoms with Crippen LogP contribution in [-0.4, -0.2) is 33.2 Å². The average Bonchev–Trinajstić information content (AvgIpc) is 3.50. The van der Waals surface area contributed by atoms with Crippen LogP contribution in [0.1, 0.15) is 39.5 Å². The van der Waals surface area contributed by atoms with Crippen LogP contribution in [0.25, 0.3) is 17.1 Å². The molecule has 2 aromatic heterocycles. The molecule has 0 saturated carbocycles. The van der Waals surface area contributed by atoms with Gasteiger partial charge in [0.25, 0.3) is 11.7 Å². The molecule has 8 nitrogen and oxygen atoms in total. The van der Waals surface area contributed by atoms with E-state index >= 15 is 0 Å². The van der Waals surface area contributed by atoms with Crippen LogP contribution in [0.15, 0.2) is 60.7 Å². The van der Waals surface area contributed by atoms with Gasteiger partial charge in [-0.2, -0.15) is 5.26 Å². The molecule has 1 aliphatic carbocycles. The second kappa shape index (κ2) is 9.91. The maximum atomic E-state index is 12.7. The van der Waals surface area contributed by atoms with Crippen LogP contribution in [0.2, 0.25) is 0 Å². The Morgan fingerprint density at radius 1 is 1.06 bits per heavy atom. The maximum Gasteiger partial charge on any atom is 0.378 e. The summed E-state index contributed by atoms with van der Waals surface area (Å²) in [6.45, 7) is -0.507. The van der Waals surface area contributed by atoms with Crippen molar-refractivity contribution in [3.05, 3.63) is 82.5 Å². The fourth-order valence-electron chi connectivity index (χ4n) is 4.05. The Morgan fingerprint density at radius 2 is 1.77 bits per heavy atom. The molecule has 0 aliphatic heterocycles. The smallest absolute Gasteiger partial charge is 0.378 e. The molecular weight excluding hydrogens is 462 g/mol. The molecule has 35 heavy (non-hydrogen) atoms. The third-order valence-electron chi connectivity index (χ3n) is 5.69. The molecule has 5 rings (SSSR count). The molecule has 0 radical (unpaired) electrons. The number of hydrogen-bond acceptors (Lipinski definition) is 7.